The van der Waals surface area contributed by atoms with E-state index in [-0.39, 0.29) is 0 Å². The standard InChI is InChI=1S/C11H6BrClN4/c12-9-5-8(1-2-10(9)13)16-11-7(6-14)3-4-15-17-11/h1-5H,(H,16,17). The van der Waals surface area contributed by atoms with Gasteiger partial charge in [0.05, 0.1) is 16.8 Å². The molecule has 2 rings (SSSR count). The van der Waals surface area contributed by atoms with Gasteiger partial charge < -0.3 is 5.32 Å². The zero-order valence-corrected chi connectivity index (χ0v) is 10.8. The van der Waals surface area contributed by atoms with Crippen LogP contribution in [0.2, 0.25) is 5.02 Å². The van der Waals surface area contributed by atoms with E-state index in [2.05, 4.69) is 31.4 Å². The second-order valence-electron chi connectivity index (χ2n) is 3.16. The average Bonchev–Trinajstić information content (AvgIpc) is 2.34. The molecule has 0 unspecified atom stereocenters. The molecular formula is C11H6BrClN4. The fourth-order valence-electron chi connectivity index (χ4n) is 1.22. The van der Waals surface area contributed by atoms with Gasteiger partial charge in [-0.25, -0.2) is 0 Å². The van der Waals surface area contributed by atoms with Crippen molar-refractivity contribution in [3.8, 4) is 6.07 Å². The number of anilines is 2. The van der Waals surface area contributed by atoms with Gasteiger partial charge in [-0.2, -0.15) is 10.4 Å². The van der Waals surface area contributed by atoms with Crippen molar-refractivity contribution in [2.24, 2.45) is 0 Å². The molecule has 1 N–H and O–H groups in total. The number of halogens is 2. The second-order valence-corrected chi connectivity index (χ2v) is 4.42. The Kier molecular flexibility index (Phi) is 3.57. The summed E-state index contributed by atoms with van der Waals surface area (Å²) in [5.41, 5.74) is 1.21. The Morgan fingerprint density at radius 2 is 2.18 bits per heavy atom. The highest BCUT2D eigenvalue weighted by atomic mass is 79.9. The van der Waals surface area contributed by atoms with E-state index in [0.717, 1.165) is 10.2 Å². The van der Waals surface area contributed by atoms with E-state index in [9.17, 15) is 0 Å². The molecule has 6 heteroatoms. The highest BCUT2D eigenvalue weighted by Crippen LogP contribution is 2.27. The molecule has 0 saturated heterocycles. The molecule has 1 aromatic carbocycles. The predicted molar refractivity (Wildman–Crippen MR) is 69.2 cm³/mol. The second kappa shape index (κ2) is 5.13. The molecule has 0 aliphatic rings. The fourth-order valence-corrected chi connectivity index (χ4v) is 1.72. The Morgan fingerprint density at radius 3 is 2.88 bits per heavy atom. The Balaban J connectivity index is 2.32. The van der Waals surface area contributed by atoms with Crippen molar-refractivity contribution in [1.29, 1.82) is 5.26 Å². The number of nitriles is 1. The molecule has 0 aliphatic carbocycles. The van der Waals surface area contributed by atoms with Crippen LogP contribution in [-0.4, -0.2) is 10.2 Å². The molecular weight excluding hydrogens is 304 g/mol. The minimum atomic E-state index is 0.421. The highest BCUT2D eigenvalue weighted by molar-refractivity contribution is 9.10. The zero-order chi connectivity index (χ0) is 12.3. The van der Waals surface area contributed by atoms with Gasteiger partial charge in [-0.1, -0.05) is 11.6 Å². The lowest BCUT2D eigenvalue weighted by atomic mass is 10.3. The number of hydrogen-bond acceptors (Lipinski definition) is 4. The number of nitrogens with one attached hydrogen (secondary N) is 1. The third-order valence-corrected chi connectivity index (χ3v) is 3.24. The number of nitrogens with zero attached hydrogens (tertiary/aromatic N) is 3. The minimum absolute atomic E-state index is 0.421. The van der Waals surface area contributed by atoms with Gasteiger partial charge in [-0.05, 0) is 40.2 Å². The molecule has 17 heavy (non-hydrogen) atoms. The Morgan fingerprint density at radius 1 is 1.35 bits per heavy atom. The molecule has 0 spiro atoms. The first kappa shape index (κ1) is 11.8. The van der Waals surface area contributed by atoms with Gasteiger partial charge in [0.1, 0.15) is 6.07 Å². The maximum atomic E-state index is 8.91. The fraction of sp³-hybridized carbons (Fsp3) is 0. The Bertz CT molecular complexity index is 594. The van der Waals surface area contributed by atoms with E-state index in [1.165, 1.54) is 6.20 Å². The third-order valence-electron chi connectivity index (χ3n) is 2.02. The van der Waals surface area contributed by atoms with Crippen molar-refractivity contribution >= 4 is 39.0 Å². The normalized spacial score (nSPS) is 9.71. The first-order valence-electron chi connectivity index (χ1n) is 4.64. The van der Waals surface area contributed by atoms with Crippen LogP contribution in [0, 0.1) is 11.3 Å². The van der Waals surface area contributed by atoms with Gasteiger partial charge in [0.25, 0.3) is 0 Å². The third kappa shape index (κ3) is 2.73. The summed E-state index contributed by atoms with van der Waals surface area (Å²) in [5.74, 6) is 0.421. The zero-order valence-electron chi connectivity index (χ0n) is 8.48. The number of benzene rings is 1. The molecule has 1 heterocycles. The maximum Gasteiger partial charge on any atom is 0.171 e. The van der Waals surface area contributed by atoms with E-state index in [4.69, 9.17) is 16.9 Å². The molecule has 0 fully saturated rings. The van der Waals surface area contributed by atoms with Gasteiger partial charge in [-0.3, -0.25) is 0 Å². The summed E-state index contributed by atoms with van der Waals surface area (Å²) < 4.78 is 0.770. The van der Waals surface area contributed by atoms with Crippen molar-refractivity contribution < 1.29 is 0 Å². The topological polar surface area (TPSA) is 61.6 Å². The molecule has 0 aliphatic heterocycles. The van der Waals surface area contributed by atoms with Crippen LogP contribution < -0.4 is 5.32 Å². The monoisotopic (exact) mass is 308 g/mol. The number of hydrogen-bond donors (Lipinski definition) is 1. The quantitative estimate of drug-likeness (QED) is 0.922. The van der Waals surface area contributed by atoms with Crippen molar-refractivity contribution in [1.82, 2.24) is 10.2 Å². The van der Waals surface area contributed by atoms with Crippen LogP contribution in [0.5, 0.6) is 0 Å². The molecule has 0 bridgehead atoms. The highest BCUT2D eigenvalue weighted by Gasteiger charge is 2.05. The van der Waals surface area contributed by atoms with E-state index < -0.39 is 0 Å². The van der Waals surface area contributed by atoms with Crippen LogP contribution in [0.1, 0.15) is 5.56 Å². The summed E-state index contributed by atoms with van der Waals surface area (Å²) in [6, 6.07) is 8.98. The minimum Gasteiger partial charge on any atom is -0.338 e. The molecule has 0 amide bonds. The van der Waals surface area contributed by atoms with Crippen molar-refractivity contribution in [3.05, 3.63) is 45.5 Å². The van der Waals surface area contributed by atoms with Crippen LogP contribution in [0.15, 0.2) is 34.9 Å². The molecule has 0 radical (unpaired) electrons. The van der Waals surface area contributed by atoms with Gasteiger partial charge in [-0.15, -0.1) is 5.10 Å². The van der Waals surface area contributed by atoms with Crippen molar-refractivity contribution in [3.63, 3.8) is 0 Å². The first-order valence-corrected chi connectivity index (χ1v) is 5.81. The summed E-state index contributed by atoms with van der Waals surface area (Å²) in [6.45, 7) is 0. The predicted octanol–water partition coefficient (Wildman–Crippen LogP) is 3.51. The summed E-state index contributed by atoms with van der Waals surface area (Å²) in [5, 5.41) is 20.1. The summed E-state index contributed by atoms with van der Waals surface area (Å²) >= 11 is 9.21. The van der Waals surface area contributed by atoms with Gasteiger partial charge in [0, 0.05) is 10.2 Å². The van der Waals surface area contributed by atoms with E-state index in [1.807, 2.05) is 6.07 Å². The summed E-state index contributed by atoms with van der Waals surface area (Å²) in [6.07, 6.45) is 1.47. The van der Waals surface area contributed by atoms with E-state index >= 15 is 0 Å². The van der Waals surface area contributed by atoms with E-state index in [1.54, 1.807) is 24.3 Å². The van der Waals surface area contributed by atoms with Crippen LogP contribution >= 0.6 is 27.5 Å². The van der Waals surface area contributed by atoms with Crippen LogP contribution in [-0.2, 0) is 0 Å². The molecule has 4 nitrogen and oxygen atoms in total. The summed E-state index contributed by atoms with van der Waals surface area (Å²) in [7, 11) is 0. The van der Waals surface area contributed by atoms with Crippen LogP contribution in [0.4, 0.5) is 11.5 Å². The Labute approximate surface area is 111 Å². The van der Waals surface area contributed by atoms with Crippen LogP contribution in [0.3, 0.4) is 0 Å². The van der Waals surface area contributed by atoms with E-state index in [0.29, 0.717) is 16.4 Å². The largest absolute Gasteiger partial charge is 0.338 e. The first-order chi connectivity index (χ1) is 8.20. The van der Waals surface area contributed by atoms with Crippen molar-refractivity contribution in [2.75, 3.05) is 5.32 Å². The number of rotatable bonds is 2. The maximum absolute atomic E-state index is 8.91. The lowest BCUT2D eigenvalue weighted by molar-refractivity contribution is 1.03. The molecule has 1 aromatic heterocycles. The number of aromatic nitrogens is 2. The molecule has 0 atom stereocenters. The van der Waals surface area contributed by atoms with Crippen LogP contribution in [0.25, 0.3) is 0 Å². The average molecular weight is 310 g/mol. The van der Waals surface area contributed by atoms with Gasteiger partial charge >= 0.3 is 0 Å². The molecule has 0 saturated carbocycles. The van der Waals surface area contributed by atoms with Gasteiger partial charge in [0.15, 0.2) is 5.82 Å². The smallest absolute Gasteiger partial charge is 0.171 e. The molecule has 84 valence electrons. The SMILES string of the molecule is N#Cc1ccnnc1Nc1ccc(Cl)c(Br)c1. The lowest BCUT2D eigenvalue weighted by Gasteiger charge is -2.06. The van der Waals surface area contributed by atoms with Gasteiger partial charge in [0.2, 0.25) is 0 Å². The van der Waals surface area contributed by atoms with Crippen molar-refractivity contribution in [2.45, 2.75) is 0 Å². The Hall–Kier alpha value is -1.64. The molecule has 2 aromatic rings. The lowest BCUT2D eigenvalue weighted by Crippen LogP contribution is -1.98. The summed E-state index contributed by atoms with van der Waals surface area (Å²) in [4.78, 5) is 0.